The van der Waals surface area contributed by atoms with E-state index in [0.29, 0.717) is 47.2 Å². The third-order valence-corrected chi connectivity index (χ3v) is 6.62. The number of halogens is 1. The molecule has 1 heterocycles. The number of aryl methyl sites for hydroxylation is 1. The fourth-order valence-corrected chi connectivity index (χ4v) is 4.28. The van der Waals surface area contributed by atoms with Crippen molar-refractivity contribution in [1.29, 1.82) is 0 Å². The maximum Gasteiger partial charge on any atom is 0.283 e. The molecule has 0 fully saturated rings. The Labute approximate surface area is 231 Å². The average molecular weight is 550 g/mol. The molecule has 0 radical (unpaired) electrons. The Bertz CT molecular complexity index is 1450. The Morgan fingerprint density at radius 1 is 0.872 bits per heavy atom. The summed E-state index contributed by atoms with van der Waals surface area (Å²) in [4.78, 5) is 39.8. The number of benzene rings is 3. The number of nitrogens with one attached hydrogen (secondary N) is 2. The van der Waals surface area contributed by atoms with Gasteiger partial charge in [-0.15, -0.1) is 0 Å². The van der Waals surface area contributed by atoms with E-state index in [2.05, 4.69) is 10.6 Å². The monoisotopic (exact) mass is 549 g/mol. The van der Waals surface area contributed by atoms with Crippen LogP contribution < -0.4 is 29.7 Å². The molecule has 10 heteroatoms. The summed E-state index contributed by atoms with van der Waals surface area (Å²) in [6.45, 7) is 2.21. The Kier molecular flexibility index (Phi) is 8.41. The molecule has 3 aromatic carbocycles. The first-order valence-corrected chi connectivity index (χ1v) is 12.4. The normalized spacial score (nSPS) is 13.0. The number of ether oxygens (including phenoxy) is 3. The lowest BCUT2D eigenvalue weighted by atomic mass is 10.1. The van der Waals surface area contributed by atoms with Crippen molar-refractivity contribution >= 4 is 40.7 Å². The molecule has 0 saturated carbocycles. The molecule has 2 N–H and O–H groups in total. The summed E-state index contributed by atoms with van der Waals surface area (Å²) in [5.74, 6) is 0.316. The molecule has 4 rings (SSSR count). The predicted molar refractivity (Wildman–Crippen MR) is 149 cm³/mol. The Hall–Kier alpha value is -4.50. The van der Waals surface area contributed by atoms with E-state index >= 15 is 0 Å². The molecular formula is C29H28ClN3O6. The Morgan fingerprint density at radius 2 is 1.59 bits per heavy atom. The van der Waals surface area contributed by atoms with Crippen LogP contribution in [0.5, 0.6) is 17.2 Å². The third kappa shape index (κ3) is 5.83. The molecule has 0 spiro atoms. The molecule has 1 aliphatic heterocycles. The second-order valence-electron chi connectivity index (χ2n) is 8.68. The van der Waals surface area contributed by atoms with Gasteiger partial charge in [-0.25, -0.2) is 4.90 Å². The van der Waals surface area contributed by atoms with Crippen molar-refractivity contribution in [2.24, 2.45) is 0 Å². The molecule has 0 aromatic heterocycles. The number of anilines is 2. The smallest absolute Gasteiger partial charge is 0.283 e. The van der Waals surface area contributed by atoms with Crippen LogP contribution in [-0.4, -0.2) is 45.6 Å². The summed E-state index contributed by atoms with van der Waals surface area (Å²) in [5, 5.41) is 5.63. The first-order chi connectivity index (χ1) is 18.8. The van der Waals surface area contributed by atoms with Crippen LogP contribution in [0.15, 0.2) is 71.4 Å². The van der Waals surface area contributed by atoms with Gasteiger partial charge in [0, 0.05) is 17.8 Å². The lowest BCUT2D eigenvalue weighted by Gasteiger charge is -2.16. The van der Waals surface area contributed by atoms with E-state index in [9.17, 15) is 14.4 Å². The molecular weight excluding hydrogens is 522 g/mol. The van der Waals surface area contributed by atoms with Crippen molar-refractivity contribution in [3.8, 4) is 17.2 Å². The van der Waals surface area contributed by atoms with E-state index in [-0.39, 0.29) is 16.6 Å². The van der Waals surface area contributed by atoms with Gasteiger partial charge in [0.2, 0.25) is 0 Å². The van der Waals surface area contributed by atoms with E-state index in [4.69, 9.17) is 25.8 Å². The van der Waals surface area contributed by atoms with Crippen LogP contribution in [0.1, 0.15) is 21.5 Å². The molecule has 1 aliphatic rings. The van der Waals surface area contributed by atoms with Crippen molar-refractivity contribution in [2.45, 2.75) is 13.3 Å². The molecule has 202 valence electrons. The van der Waals surface area contributed by atoms with Crippen LogP contribution in [0.3, 0.4) is 0 Å². The molecule has 0 saturated heterocycles. The number of carbonyl (C=O) groups is 3. The number of imide groups is 1. The summed E-state index contributed by atoms with van der Waals surface area (Å²) >= 11 is 6.28. The third-order valence-electron chi connectivity index (χ3n) is 6.26. The summed E-state index contributed by atoms with van der Waals surface area (Å²) in [6.07, 6.45) is 0.587. The van der Waals surface area contributed by atoms with E-state index in [1.54, 1.807) is 56.7 Å². The zero-order chi connectivity index (χ0) is 28.1. The number of hydrogen-bond donors (Lipinski definition) is 2. The van der Waals surface area contributed by atoms with Crippen LogP contribution >= 0.6 is 11.6 Å². The largest absolute Gasteiger partial charge is 0.497 e. The second kappa shape index (κ2) is 11.9. The van der Waals surface area contributed by atoms with Gasteiger partial charge in [0.25, 0.3) is 17.7 Å². The summed E-state index contributed by atoms with van der Waals surface area (Å²) in [5.41, 5.74) is 2.90. The maximum atomic E-state index is 13.2. The fraction of sp³-hybridized carbons (Fsp3) is 0.207. The Morgan fingerprint density at radius 3 is 2.26 bits per heavy atom. The number of hydrogen-bond acceptors (Lipinski definition) is 7. The van der Waals surface area contributed by atoms with Gasteiger partial charge in [0.05, 0.1) is 27.0 Å². The van der Waals surface area contributed by atoms with Gasteiger partial charge in [-0.2, -0.15) is 0 Å². The summed E-state index contributed by atoms with van der Waals surface area (Å²) in [7, 11) is 4.67. The SMILES string of the molecule is COc1ccc(N2C(=O)C(Cl)=C(Nc3cc(C(=O)NCCc4ccc(OC)c(OC)c4)ccc3C)C2=O)cc1. The van der Waals surface area contributed by atoms with Gasteiger partial charge in [0.1, 0.15) is 16.5 Å². The van der Waals surface area contributed by atoms with Crippen molar-refractivity contribution in [3.63, 3.8) is 0 Å². The van der Waals surface area contributed by atoms with Crippen molar-refractivity contribution in [2.75, 3.05) is 38.1 Å². The fourth-order valence-electron chi connectivity index (χ4n) is 4.07. The zero-order valence-electron chi connectivity index (χ0n) is 22.0. The van der Waals surface area contributed by atoms with Crippen molar-refractivity contribution in [3.05, 3.63) is 88.1 Å². The molecule has 3 amide bonds. The number of carbonyl (C=O) groups excluding carboxylic acids is 3. The van der Waals surface area contributed by atoms with E-state index in [1.807, 2.05) is 25.1 Å². The van der Waals surface area contributed by atoms with E-state index < -0.39 is 11.8 Å². The maximum absolute atomic E-state index is 13.2. The molecule has 0 aliphatic carbocycles. The molecule has 9 nitrogen and oxygen atoms in total. The second-order valence-corrected chi connectivity index (χ2v) is 9.06. The van der Waals surface area contributed by atoms with Crippen LogP contribution in [0.25, 0.3) is 0 Å². The highest BCUT2D eigenvalue weighted by molar-refractivity contribution is 6.53. The number of methoxy groups -OCH3 is 3. The molecule has 0 bridgehead atoms. The minimum atomic E-state index is -0.643. The molecule has 0 unspecified atom stereocenters. The first-order valence-electron chi connectivity index (χ1n) is 12.1. The van der Waals surface area contributed by atoms with Gasteiger partial charge in [-0.05, 0) is 73.0 Å². The highest BCUT2D eigenvalue weighted by Gasteiger charge is 2.39. The molecule has 39 heavy (non-hydrogen) atoms. The standard InChI is InChI=1S/C29H28ClN3O6/c1-17-5-7-19(27(34)31-14-13-18-6-12-23(38-3)24(15-18)39-4)16-22(17)32-26-25(30)28(35)33(29(26)36)20-8-10-21(37-2)11-9-20/h5-12,15-16,32H,13-14H2,1-4H3,(H,31,34). The average Bonchev–Trinajstić information content (AvgIpc) is 3.16. The van der Waals surface area contributed by atoms with Crippen molar-refractivity contribution < 1.29 is 28.6 Å². The minimum Gasteiger partial charge on any atom is -0.497 e. The quantitative estimate of drug-likeness (QED) is 0.360. The van der Waals surface area contributed by atoms with Crippen LogP contribution in [0.2, 0.25) is 0 Å². The van der Waals surface area contributed by atoms with E-state index in [0.717, 1.165) is 16.0 Å². The zero-order valence-corrected chi connectivity index (χ0v) is 22.7. The highest BCUT2D eigenvalue weighted by Crippen LogP contribution is 2.32. The minimum absolute atomic E-state index is 0.0633. The van der Waals surface area contributed by atoms with Gasteiger partial charge in [-0.3, -0.25) is 14.4 Å². The summed E-state index contributed by atoms with van der Waals surface area (Å²) < 4.78 is 15.7. The number of nitrogens with zero attached hydrogens (tertiary/aromatic N) is 1. The number of rotatable bonds is 10. The Balaban J connectivity index is 1.44. The van der Waals surface area contributed by atoms with Crippen LogP contribution in [0, 0.1) is 6.92 Å². The first kappa shape index (κ1) is 27.5. The predicted octanol–water partition coefficient (Wildman–Crippen LogP) is 4.43. The van der Waals surface area contributed by atoms with Gasteiger partial charge >= 0.3 is 0 Å². The lowest BCUT2D eigenvalue weighted by Crippen LogP contribution is -2.32. The van der Waals surface area contributed by atoms with E-state index in [1.165, 1.54) is 7.11 Å². The lowest BCUT2D eigenvalue weighted by molar-refractivity contribution is -0.120. The van der Waals surface area contributed by atoms with Crippen molar-refractivity contribution in [1.82, 2.24) is 5.32 Å². The topological polar surface area (TPSA) is 106 Å². The summed E-state index contributed by atoms with van der Waals surface area (Å²) in [6, 6.07) is 17.1. The van der Waals surface area contributed by atoms with Crippen LogP contribution in [-0.2, 0) is 16.0 Å². The highest BCUT2D eigenvalue weighted by atomic mass is 35.5. The number of amides is 3. The van der Waals surface area contributed by atoms with Gasteiger partial charge in [-0.1, -0.05) is 23.7 Å². The van der Waals surface area contributed by atoms with Crippen LogP contribution in [0.4, 0.5) is 11.4 Å². The molecule has 3 aromatic rings. The molecule has 0 atom stereocenters. The van der Waals surface area contributed by atoms with Gasteiger partial charge in [0.15, 0.2) is 11.5 Å². The van der Waals surface area contributed by atoms with Gasteiger partial charge < -0.3 is 24.8 Å².